The molecule has 0 aromatic heterocycles. The molecule has 0 saturated carbocycles. The predicted molar refractivity (Wildman–Crippen MR) is 63.2 cm³/mol. The minimum atomic E-state index is 1.19. The van der Waals surface area contributed by atoms with Gasteiger partial charge >= 0.3 is 0 Å². The molecule has 1 heteroatoms. The monoisotopic (exact) mass is 185 g/mol. The zero-order valence-corrected chi connectivity index (χ0v) is 10.4. The van der Waals surface area contributed by atoms with E-state index < -0.39 is 0 Å². The molecule has 0 aliphatic carbocycles. The van der Waals surface area contributed by atoms with E-state index in [1.165, 1.54) is 25.9 Å². The van der Waals surface area contributed by atoms with Gasteiger partial charge in [-0.25, -0.2) is 0 Å². The van der Waals surface area contributed by atoms with E-state index in [1.807, 2.05) is 27.7 Å². The maximum atomic E-state index is 2.38. The van der Waals surface area contributed by atoms with E-state index in [0.29, 0.717) is 0 Å². The Morgan fingerprint density at radius 2 is 1.77 bits per heavy atom. The number of likely N-dealkylation sites (N-methyl/N-ethyl adjacent to an activating group) is 1. The van der Waals surface area contributed by atoms with Crippen molar-refractivity contribution < 1.29 is 0 Å². The van der Waals surface area contributed by atoms with Gasteiger partial charge in [0.15, 0.2) is 0 Å². The first-order chi connectivity index (χ1) is 6.33. The molecule has 0 bridgehead atoms. The summed E-state index contributed by atoms with van der Waals surface area (Å²) >= 11 is 0. The van der Waals surface area contributed by atoms with E-state index in [4.69, 9.17) is 0 Å². The van der Waals surface area contributed by atoms with Crippen LogP contribution in [0.3, 0.4) is 0 Å². The average molecular weight is 185 g/mol. The van der Waals surface area contributed by atoms with Crippen molar-refractivity contribution in [2.75, 3.05) is 20.1 Å². The van der Waals surface area contributed by atoms with Crippen LogP contribution in [0.5, 0.6) is 0 Å². The first-order valence-corrected chi connectivity index (χ1v) is 5.69. The molecule has 0 amide bonds. The second kappa shape index (κ2) is 11.7. The Morgan fingerprint density at radius 3 is 2.08 bits per heavy atom. The van der Waals surface area contributed by atoms with Gasteiger partial charge < -0.3 is 4.90 Å². The lowest BCUT2D eigenvalue weighted by atomic mass is 10.1. The Balaban J connectivity index is 0. The van der Waals surface area contributed by atoms with Gasteiger partial charge in [-0.05, 0) is 19.9 Å². The lowest BCUT2D eigenvalue weighted by Crippen LogP contribution is -2.25. The van der Waals surface area contributed by atoms with Crippen molar-refractivity contribution in [2.24, 2.45) is 0 Å². The molecule has 1 aliphatic heterocycles. The highest BCUT2D eigenvalue weighted by Crippen LogP contribution is 2.09. The number of hydrogen-bond acceptors (Lipinski definition) is 1. The average Bonchev–Trinajstić information content (AvgIpc) is 2.24. The largest absolute Gasteiger partial charge is 0.302 e. The lowest BCUT2D eigenvalue weighted by molar-refractivity contribution is 0.351. The molecule has 0 unspecified atom stereocenters. The Morgan fingerprint density at radius 1 is 1.23 bits per heavy atom. The fourth-order valence-electron chi connectivity index (χ4n) is 1.24. The van der Waals surface area contributed by atoms with E-state index in [9.17, 15) is 0 Å². The van der Waals surface area contributed by atoms with Crippen molar-refractivity contribution in [3.05, 3.63) is 11.6 Å². The maximum absolute atomic E-state index is 2.38. The topological polar surface area (TPSA) is 3.24 Å². The van der Waals surface area contributed by atoms with Crippen molar-refractivity contribution in [3.63, 3.8) is 0 Å². The zero-order valence-electron chi connectivity index (χ0n) is 10.4. The Hall–Kier alpha value is -0.300. The highest BCUT2D eigenvalue weighted by molar-refractivity contribution is 5.06. The van der Waals surface area contributed by atoms with Gasteiger partial charge in [-0.1, -0.05) is 46.3 Å². The first-order valence-electron chi connectivity index (χ1n) is 5.69. The van der Waals surface area contributed by atoms with E-state index in [0.717, 1.165) is 0 Å². The van der Waals surface area contributed by atoms with Gasteiger partial charge in [0.1, 0.15) is 0 Å². The predicted octanol–water partition coefficient (Wildman–Crippen LogP) is 3.71. The summed E-state index contributed by atoms with van der Waals surface area (Å²) in [5.41, 5.74) is 1.60. The zero-order chi connectivity index (χ0) is 10.7. The second-order valence-electron chi connectivity index (χ2n) is 2.74. The van der Waals surface area contributed by atoms with Crippen LogP contribution in [0.1, 0.15) is 47.5 Å². The van der Waals surface area contributed by atoms with E-state index in [1.54, 1.807) is 5.57 Å². The summed E-state index contributed by atoms with van der Waals surface area (Å²) < 4.78 is 0. The summed E-state index contributed by atoms with van der Waals surface area (Å²) in [6, 6.07) is 0. The third-order valence-corrected chi connectivity index (χ3v) is 1.87. The van der Waals surface area contributed by atoms with Crippen LogP contribution in [-0.2, 0) is 0 Å². The molecule has 0 aromatic carbocycles. The fourth-order valence-corrected chi connectivity index (χ4v) is 1.24. The molecule has 0 radical (unpaired) electrons. The molecule has 80 valence electrons. The summed E-state index contributed by atoms with van der Waals surface area (Å²) in [6.07, 6.45) is 4.85. The van der Waals surface area contributed by atoms with Crippen LogP contribution in [0.2, 0.25) is 0 Å². The van der Waals surface area contributed by atoms with Crippen LogP contribution >= 0.6 is 0 Å². The van der Waals surface area contributed by atoms with Gasteiger partial charge in [-0.15, -0.1) is 0 Å². The van der Waals surface area contributed by atoms with Gasteiger partial charge in [0.05, 0.1) is 0 Å². The van der Waals surface area contributed by atoms with Crippen LogP contribution in [0.25, 0.3) is 0 Å². The number of nitrogens with zero attached hydrogens (tertiary/aromatic N) is 1. The first kappa shape index (κ1) is 15.2. The van der Waals surface area contributed by atoms with E-state index in [-0.39, 0.29) is 0 Å². The Bertz CT molecular complexity index is 116. The molecule has 1 nitrogen and oxygen atoms in total. The van der Waals surface area contributed by atoms with E-state index >= 15 is 0 Å². The van der Waals surface area contributed by atoms with Crippen LogP contribution in [-0.4, -0.2) is 25.0 Å². The Labute approximate surface area is 84.8 Å². The van der Waals surface area contributed by atoms with Gasteiger partial charge in [0.25, 0.3) is 0 Å². The van der Waals surface area contributed by atoms with Crippen molar-refractivity contribution in [1.29, 1.82) is 0 Å². The fraction of sp³-hybridized carbons (Fsp3) is 0.833. The summed E-state index contributed by atoms with van der Waals surface area (Å²) in [5, 5.41) is 0. The molecular weight excluding hydrogens is 158 g/mol. The van der Waals surface area contributed by atoms with Crippen molar-refractivity contribution >= 4 is 0 Å². The second-order valence-corrected chi connectivity index (χ2v) is 2.74. The molecule has 0 fully saturated rings. The highest BCUT2D eigenvalue weighted by Gasteiger charge is 2.04. The van der Waals surface area contributed by atoms with Crippen molar-refractivity contribution in [3.8, 4) is 0 Å². The van der Waals surface area contributed by atoms with Crippen LogP contribution < -0.4 is 0 Å². The summed E-state index contributed by atoms with van der Waals surface area (Å²) in [4.78, 5) is 2.37. The van der Waals surface area contributed by atoms with Gasteiger partial charge in [0.2, 0.25) is 0 Å². The number of hydrogen-bond donors (Lipinski definition) is 0. The van der Waals surface area contributed by atoms with E-state index in [2.05, 4.69) is 24.9 Å². The summed E-state index contributed by atoms with van der Waals surface area (Å²) in [7, 11) is 2.18. The molecular formula is C12H27N. The molecule has 1 heterocycles. The highest BCUT2D eigenvalue weighted by atomic mass is 15.1. The van der Waals surface area contributed by atoms with Crippen molar-refractivity contribution in [1.82, 2.24) is 4.90 Å². The normalized spacial score (nSPS) is 16.0. The minimum Gasteiger partial charge on any atom is -0.302 e. The molecule has 0 N–H and O–H groups in total. The van der Waals surface area contributed by atoms with Crippen molar-refractivity contribution in [2.45, 2.75) is 47.5 Å². The molecule has 13 heavy (non-hydrogen) atoms. The third kappa shape index (κ3) is 8.04. The van der Waals surface area contributed by atoms with Gasteiger partial charge in [-0.3, -0.25) is 0 Å². The van der Waals surface area contributed by atoms with Crippen LogP contribution in [0.4, 0.5) is 0 Å². The quantitative estimate of drug-likeness (QED) is 0.563. The molecule has 1 rings (SSSR count). The van der Waals surface area contributed by atoms with Crippen LogP contribution in [0, 0.1) is 0 Å². The molecule has 1 aliphatic rings. The third-order valence-electron chi connectivity index (χ3n) is 1.87. The summed E-state index contributed by atoms with van der Waals surface area (Å²) in [5.74, 6) is 0. The molecule has 0 saturated heterocycles. The van der Waals surface area contributed by atoms with Gasteiger partial charge in [0, 0.05) is 13.1 Å². The molecule has 0 spiro atoms. The molecule has 0 atom stereocenters. The lowest BCUT2D eigenvalue weighted by Gasteiger charge is -2.21. The minimum absolute atomic E-state index is 1.19. The van der Waals surface area contributed by atoms with Crippen LogP contribution in [0.15, 0.2) is 11.6 Å². The number of rotatable bonds is 1. The summed E-state index contributed by atoms with van der Waals surface area (Å²) in [6.45, 7) is 12.7. The standard InChI is InChI=1S/C8H15N.2C2H6/c1-3-8-5-4-6-9(2)7-8;2*1-2/h5H,3-4,6-7H2,1-2H3;2*1-2H3. The van der Waals surface area contributed by atoms with Gasteiger partial charge in [-0.2, -0.15) is 0 Å². The Kier molecular flexibility index (Phi) is 13.7. The SMILES string of the molecule is CC.CC.CCC1=CCCN(C)C1. The maximum Gasteiger partial charge on any atom is 0.0189 e. The molecule has 0 aromatic rings. The smallest absolute Gasteiger partial charge is 0.0189 e.